The topological polar surface area (TPSA) is 46.9 Å². The molecule has 4 heteroatoms. The maximum Gasteiger partial charge on any atom is 0.225 e. The number of rotatable bonds is 5. The molecule has 0 saturated heterocycles. The van der Waals surface area contributed by atoms with E-state index in [9.17, 15) is 4.79 Å². The van der Waals surface area contributed by atoms with Crippen LogP contribution in [-0.4, -0.2) is 15.5 Å². The number of carbonyl (C=O) groups excluding carboxylic acids is 1. The highest BCUT2D eigenvalue weighted by Crippen LogP contribution is 2.21. The van der Waals surface area contributed by atoms with Crippen molar-refractivity contribution in [2.75, 3.05) is 5.32 Å². The van der Waals surface area contributed by atoms with Crippen molar-refractivity contribution in [1.29, 1.82) is 0 Å². The number of carbonyl (C=O) groups is 1. The molecule has 0 bridgehead atoms. The number of aromatic nitrogens is 2. The van der Waals surface area contributed by atoms with Gasteiger partial charge in [0.05, 0.1) is 0 Å². The first-order chi connectivity index (χ1) is 10.7. The normalized spacial score (nSPS) is 10.8. The summed E-state index contributed by atoms with van der Waals surface area (Å²) in [5.74, 6) is 0.622. The molecule has 0 unspecified atom stereocenters. The molecule has 0 radical (unpaired) electrons. The zero-order valence-corrected chi connectivity index (χ0v) is 12.6. The number of amides is 1. The summed E-state index contributed by atoms with van der Waals surface area (Å²) in [7, 11) is 2.06. The SMILES string of the molecule is Cn1cc(CCCC(=O)Nc2ccccn2)c2ccccc21. The first-order valence-electron chi connectivity index (χ1n) is 7.48. The lowest BCUT2D eigenvalue weighted by atomic mass is 10.1. The molecular formula is C18H19N3O. The zero-order chi connectivity index (χ0) is 15.4. The van der Waals surface area contributed by atoms with E-state index >= 15 is 0 Å². The van der Waals surface area contributed by atoms with Crippen LogP contribution in [0.2, 0.25) is 0 Å². The van der Waals surface area contributed by atoms with Crippen molar-refractivity contribution < 1.29 is 4.79 Å². The van der Waals surface area contributed by atoms with E-state index in [4.69, 9.17) is 0 Å². The number of fused-ring (bicyclic) bond motifs is 1. The number of hydrogen-bond acceptors (Lipinski definition) is 2. The first kappa shape index (κ1) is 14.3. The predicted molar refractivity (Wildman–Crippen MR) is 88.7 cm³/mol. The molecule has 0 saturated carbocycles. The second-order valence-electron chi connectivity index (χ2n) is 5.40. The van der Waals surface area contributed by atoms with E-state index in [2.05, 4.69) is 46.3 Å². The molecule has 1 aromatic carbocycles. The Balaban J connectivity index is 1.57. The van der Waals surface area contributed by atoms with Gasteiger partial charge in [-0.3, -0.25) is 4.79 Å². The van der Waals surface area contributed by atoms with Crippen LogP contribution in [0.5, 0.6) is 0 Å². The Bertz CT molecular complexity index is 777. The molecule has 0 fully saturated rings. The lowest BCUT2D eigenvalue weighted by Crippen LogP contribution is -2.12. The van der Waals surface area contributed by atoms with E-state index in [1.165, 1.54) is 16.5 Å². The summed E-state index contributed by atoms with van der Waals surface area (Å²) in [4.78, 5) is 16.0. The molecule has 4 nitrogen and oxygen atoms in total. The van der Waals surface area contributed by atoms with Gasteiger partial charge < -0.3 is 9.88 Å². The van der Waals surface area contributed by atoms with Gasteiger partial charge in [-0.2, -0.15) is 0 Å². The number of aryl methyl sites for hydroxylation is 2. The predicted octanol–water partition coefficient (Wildman–Crippen LogP) is 3.53. The largest absolute Gasteiger partial charge is 0.350 e. The molecule has 22 heavy (non-hydrogen) atoms. The van der Waals surface area contributed by atoms with E-state index in [-0.39, 0.29) is 5.91 Å². The molecule has 2 heterocycles. The van der Waals surface area contributed by atoms with Gasteiger partial charge in [0.15, 0.2) is 0 Å². The van der Waals surface area contributed by atoms with Crippen molar-refractivity contribution in [1.82, 2.24) is 9.55 Å². The Morgan fingerprint density at radius 1 is 1.18 bits per heavy atom. The average molecular weight is 293 g/mol. The number of para-hydroxylation sites is 1. The third-order valence-electron chi connectivity index (χ3n) is 3.76. The van der Waals surface area contributed by atoms with Crippen LogP contribution in [0.3, 0.4) is 0 Å². The highest BCUT2D eigenvalue weighted by Gasteiger charge is 2.07. The Hall–Kier alpha value is -2.62. The summed E-state index contributed by atoms with van der Waals surface area (Å²) in [5.41, 5.74) is 2.53. The summed E-state index contributed by atoms with van der Waals surface area (Å²) in [6.07, 6.45) is 6.05. The van der Waals surface area contributed by atoms with Gasteiger partial charge in [0, 0.05) is 36.8 Å². The van der Waals surface area contributed by atoms with Gasteiger partial charge in [0.1, 0.15) is 5.82 Å². The Morgan fingerprint density at radius 2 is 2.00 bits per heavy atom. The fourth-order valence-corrected chi connectivity index (χ4v) is 2.71. The monoisotopic (exact) mass is 293 g/mol. The molecule has 0 spiro atoms. The number of pyridine rings is 1. The van der Waals surface area contributed by atoms with E-state index in [1.807, 2.05) is 18.2 Å². The molecule has 0 aliphatic carbocycles. The van der Waals surface area contributed by atoms with Gasteiger partial charge in [-0.05, 0) is 36.6 Å². The van der Waals surface area contributed by atoms with Crippen LogP contribution in [0, 0.1) is 0 Å². The highest BCUT2D eigenvalue weighted by atomic mass is 16.1. The van der Waals surface area contributed by atoms with Crippen molar-refractivity contribution in [2.45, 2.75) is 19.3 Å². The van der Waals surface area contributed by atoms with Crippen molar-refractivity contribution >= 4 is 22.6 Å². The summed E-state index contributed by atoms with van der Waals surface area (Å²) in [5, 5.41) is 4.09. The number of anilines is 1. The summed E-state index contributed by atoms with van der Waals surface area (Å²) in [6, 6.07) is 13.8. The van der Waals surface area contributed by atoms with Gasteiger partial charge in [-0.15, -0.1) is 0 Å². The van der Waals surface area contributed by atoms with Crippen molar-refractivity contribution in [3.8, 4) is 0 Å². The molecule has 3 aromatic rings. The third-order valence-corrected chi connectivity index (χ3v) is 3.76. The van der Waals surface area contributed by atoms with Gasteiger partial charge in [-0.1, -0.05) is 24.3 Å². The molecule has 1 amide bonds. The maximum absolute atomic E-state index is 11.9. The third kappa shape index (κ3) is 3.17. The zero-order valence-electron chi connectivity index (χ0n) is 12.6. The molecule has 0 atom stereocenters. The van der Waals surface area contributed by atoms with Crippen molar-refractivity contribution in [3.63, 3.8) is 0 Å². The van der Waals surface area contributed by atoms with Crippen LogP contribution < -0.4 is 5.32 Å². The van der Waals surface area contributed by atoms with E-state index in [0.29, 0.717) is 12.2 Å². The molecule has 0 aliphatic rings. The number of nitrogens with zero attached hydrogens (tertiary/aromatic N) is 2. The number of hydrogen-bond donors (Lipinski definition) is 1. The van der Waals surface area contributed by atoms with Gasteiger partial charge in [-0.25, -0.2) is 4.98 Å². The van der Waals surface area contributed by atoms with E-state index < -0.39 is 0 Å². The van der Waals surface area contributed by atoms with Crippen LogP contribution in [0.1, 0.15) is 18.4 Å². The summed E-state index contributed by atoms with van der Waals surface area (Å²) < 4.78 is 2.14. The molecular weight excluding hydrogens is 274 g/mol. The smallest absolute Gasteiger partial charge is 0.225 e. The molecule has 3 rings (SSSR count). The summed E-state index contributed by atoms with van der Waals surface area (Å²) >= 11 is 0. The van der Waals surface area contributed by atoms with Gasteiger partial charge >= 0.3 is 0 Å². The fourth-order valence-electron chi connectivity index (χ4n) is 2.71. The lowest BCUT2D eigenvalue weighted by molar-refractivity contribution is -0.116. The standard InChI is InChI=1S/C18H19N3O/c1-21-13-14(15-8-2-3-9-16(15)21)7-6-11-18(22)20-17-10-4-5-12-19-17/h2-5,8-10,12-13H,6-7,11H2,1H3,(H,19,20,22). The van der Waals surface area contributed by atoms with Crippen molar-refractivity contribution in [2.24, 2.45) is 7.05 Å². The minimum absolute atomic E-state index is 0.0129. The minimum atomic E-state index is 0.0129. The number of nitrogens with one attached hydrogen (secondary N) is 1. The second kappa shape index (κ2) is 6.43. The Labute approximate surface area is 129 Å². The Kier molecular flexibility index (Phi) is 4.19. The van der Waals surface area contributed by atoms with E-state index in [0.717, 1.165) is 12.8 Å². The summed E-state index contributed by atoms with van der Waals surface area (Å²) in [6.45, 7) is 0. The van der Waals surface area contributed by atoms with Crippen molar-refractivity contribution in [3.05, 3.63) is 60.4 Å². The van der Waals surface area contributed by atoms with Crippen LogP contribution in [0.25, 0.3) is 10.9 Å². The molecule has 112 valence electrons. The van der Waals surface area contributed by atoms with Gasteiger partial charge in [0.25, 0.3) is 0 Å². The highest BCUT2D eigenvalue weighted by molar-refractivity contribution is 5.89. The second-order valence-corrected chi connectivity index (χ2v) is 5.40. The fraction of sp³-hybridized carbons (Fsp3) is 0.222. The number of benzene rings is 1. The molecule has 1 N–H and O–H groups in total. The van der Waals surface area contributed by atoms with Crippen LogP contribution in [0.15, 0.2) is 54.9 Å². The van der Waals surface area contributed by atoms with Crippen LogP contribution in [-0.2, 0) is 18.3 Å². The van der Waals surface area contributed by atoms with Gasteiger partial charge in [0.2, 0.25) is 5.91 Å². The Morgan fingerprint density at radius 3 is 2.82 bits per heavy atom. The van der Waals surface area contributed by atoms with E-state index in [1.54, 1.807) is 12.3 Å². The molecule has 2 aromatic heterocycles. The lowest BCUT2D eigenvalue weighted by Gasteiger charge is -2.03. The maximum atomic E-state index is 11.9. The quantitative estimate of drug-likeness (QED) is 0.782. The van der Waals surface area contributed by atoms with Crippen LogP contribution in [0.4, 0.5) is 5.82 Å². The first-order valence-corrected chi connectivity index (χ1v) is 7.48. The minimum Gasteiger partial charge on any atom is -0.350 e. The van der Waals surface area contributed by atoms with Crippen LogP contribution >= 0.6 is 0 Å². The average Bonchev–Trinajstić information content (AvgIpc) is 2.85. The molecule has 0 aliphatic heterocycles.